The molecule has 0 radical (unpaired) electrons. The van der Waals surface area contributed by atoms with Crippen LogP contribution in [0.5, 0.6) is 5.75 Å². The van der Waals surface area contributed by atoms with Crippen LogP contribution in [0, 0.1) is 5.82 Å². The lowest BCUT2D eigenvalue weighted by atomic mass is 9.87. The minimum absolute atomic E-state index is 0. The molecule has 2 aromatic rings. The van der Waals surface area contributed by atoms with Crippen molar-refractivity contribution in [3.63, 3.8) is 0 Å². The summed E-state index contributed by atoms with van der Waals surface area (Å²) in [7, 11) is 0. The normalized spacial score (nSPS) is 17.0. The van der Waals surface area contributed by atoms with Crippen molar-refractivity contribution in [3.8, 4) is 5.75 Å². The first kappa shape index (κ1) is 20.2. The van der Waals surface area contributed by atoms with Crippen molar-refractivity contribution < 1.29 is 13.9 Å². The van der Waals surface area contributed by atoms with Crippen molar-refractivity contribution in [1.29, 1.82) is 0 Å². The van der Waals surface area contributed by atoms with E-state index >= 15 is 0 Å². The Morgan fingerprint density at radius 1 is 1.38 bits per heavy atom. The third-order valence-electron chi connectivity index (χ3n) is 4.50. The molecule has 0 saturated carbocycles. The van der Waals surface area contributed by atoms with Crippen molar-refractivity contribution in [2.24, 2.45) is 0 Å². The van der Waals surface area contributed by atoms with Crippen LogP contribution in [-0.4, -0.2) is 41.4 Å². The summed E-state index contributed by atoms with van der Waals surface area (Å²) < 4.78 is 20.4. The fourth-order valence-electron chi connectivity index (χ4n) is 3.11. The molecule has 142 valence electrons. The molecule has 1 aliphatic heterocycles. The van der Waals surface area contributed by atoms with Gasteiger partial charge < -0.3 is 15.4 Å². The number of hydrogen-bond acceptors (Lipinski definition) is 4. The Labute approximate surface area is 158 Å². The van der Waals surface area contributed by atoms with Crippen LogP contribution in [0.3, 0.4) is 0 Å². The predicted octanol–water partition coefficient (Wildman–Crippen LogP) is 2.11. The number of nitrogens with one attached hydrogen (secondary N) is 2. The number of ether oxygens (including phenoxy) is 1. The minimum atomic E-state index is -0.662. The molecule has 1 aromatic heterocycles. The molecule has 0 aliphatic carbocycles. The maximum atomic E-state index is 12.9. The fraction of sp³-hybridized carbons (Fsp3) is 0.444. The average molecular weight is 383 g/mol. The smallest absolute Gasteiger partial charge is 0.248 e. The van der Waals surface area contributed by atoms with Crippen LogP contribution in [0.4, 0.5) is 4.39 Å². The minimum Gasteiger partial charge on any atom is -0.489 e. The van der Waals surface area contributed by atoms with Gasteiger partial charge in [-0.05, 0) is 63.2 Å². The molecule has 6 nitrogen and oxygen atoms in total. The first-order valence-corrected chi connectivity index (χ1v) is 8.51. The van der Waals surface area contributed by atoms with Gasteiger partial charge in [-0.25, -0.2) is 4.39 Å². The Morgan fingerprint density at radius 3 is 2.69 bits per heavy atom. The number of rotatable bonds is 6. The molecule has 1 atom stereocenters. The Balaban J connectivity index is 0.00000243. The summed E-state index contributed by atoms with van der Waals surface area (Å²) in [6.07, 6.45) is 4.67. The summed E-state index contributed by atoms with van der Waals surface area (Å²) in [5.41, 5.74) is -0.662. The summed E-state index contributed by atoms with van der Waals surface area (Å²) in [6.45, 7) is 3.78. The van der Waals surface area contributed by atoms with Crippen molar-refractivity contribution in [3.05, 3.63) is 48.5 Å². The lowest BCUT2D eigenvalue weighted by molar-refractivity contribution is -0.132. The zero-order chi connectivity index (χ0) is 17.7. The highest BCUT2D eigenvalue weighted by Gasteiger charge is 2.41. The molecule has 0 spiro atoms. The van der Waals surface area contributed by atoms with E-state index in [-0.39, 0.29) is 30.2 Å². The van der Waals surface area contributed by atoms with Crippen LogP contribution in [0.1, 0.15) is 19.8 Å². The summed E-state index contributed by atoms with van der Waals surface area (Å²) in [6, 6.07) is 7.68. The number of carbonyl (C=O) groups is 1. The van der Waals surface area contributed by atoms with Gasteiger partial charge in [-0.15, -0.1) is 12.4 Å². The lowest BCUT2D eigenvalue weighted by Crippen LogP contribution is -2.55. The van der Waals surface area contributed by atoms with E-state index in [4.69, 9.17) is 4.74 Å². The zero-order valence-electron chi connectivity index (χ0n) is 14.7. The highest BCUT2D eigenvalue weighted by molar-refractivity contribution is 5.85. The number of benzene rings is 1. The van der Waals surface area contributed by atoms with Crippen molar-refractivity contribution in [2.75, 3.05) is 19.6 Å². The van der Waals surface area contributed by atoms with Crippen LogP contribution in [0.15, 0.2) is 42.7 Å². The molecule has 2 N–H and O–H groups in total. The first-order chi connectivity index (χ1) is 12.1. The maximum absolute atomic E-state index is 12.9. The second kappa shape index (κ2) is 9.00. The Morgan fingerprint density at radius 2 is 2.08 bits per heavy atom. The van der Waals surface area contributed by atoms with Gasteiger partial charge in [0.25, 0.3) is 0 Å². The molecule has 0 bridgehead atoms. The van der Waals surface area contributed by atoms with Gasteiger partial charge >= 0.3 is 0 Å². The van der Waals surface area contributed by atoms with Crippen LogP contribution < -0.4 is 15.4 Å². The molecular weight excluding hydrogens is 359 g/mol. The molecule has 1 unspecified atom stereocenters. The highest BCUT2D eigenvalue weighted by Crippen LogP contribution is 2.27. The highest BCUT2D eigenvalue weighted by atomic mass is 35.5. The predicted molar refractivity (Wildman–Crippen MR) is 99.1 cm³/mol. The van der Waals surface area contributed by atoms with E-state index in [0.29, 0.717) is 25.1 Å². The monoisotopic (exact) mass is 382 g/mol. The summed E-state index contributed by atoms with van der Waals surface area (Å²) in [5, 5.41) is 10.6. The number of hydrogen-bond donors (Lipinski definition) is 2. The number of piperidine rings is 1. The van der Waals surface area contributed by atoms with Crippen molar-refractivity contribution in [2.45, 2.75) is 31.4 Å². The van der Waals surface area contributed by atoms with Gasteiger partial charge in [0.1, 0.15) is 23.2 Å². The van der Waals surface area contributed by atoms with Crippen molar-refractivity contribution in [1.82, 2.24) is 20.4 Å². The molecular formula is C18H24ClFN4O2. The van der Waals surface area contributed by atoms with E-state index in [2.05, 4.69) is 15.7 Å². The lowest BCUT2D eigenvalue weighted by Gasteiger charge is -2.36. The molecule has 8 heteroatoms. The van der Waals surface area contributed by atoms with E-state index in [1.54, 1.807) is 23.0 Å². The van der Waals surface area contributed by atoms with Crippen LogP contribution in [0.25, 0.3) is 0 Å². The van der Waals surface area contributed by atoms with Crippen LogP contribution in [0.2, 0.25) is 0 Å². The Bertz CT molecular complexity index is 688. The molecule has 1 fully saturated rings. The second-order valence-corrected chi connectivity index (χ2v) is 6.32. The van der Waals surface area contributed by atoms with E-state index in [1.165, 1.54) is 12.1 Å². The van der Waals surface area contributed by atoms with E-state index in [1.807, 2.05) is 19.2 Å². The first-order valence-electron chi connectivity index (χ1n) is 8.51. The largest absolute Gasteiger partial charge is 0.489 e. The van der Waals surface area contributed by atoms with Gasteiger partial charge in [0.05, 0.1) is 6.54 Å². The zero-order valence-corrected chi connectivity index (χ0v) is 15.5. The molecule has 1 aromatic carbocycles. The van der Waals surface area contributed by atoms with Gasteiger partial charge in [0.2, 0.25) is 5.91 Å². The summed E-state index contributed by atoms with van der Waals surface area (Å²) in [5.74, 6) is 0.222. The SMILES string of the molecule is CC(CNC(=O)C1(n2cccn2)CCNCC1)Oc1ccc(F)cc1.Cl. The average Bonchev–Trinajstić information content (AvgIpc) is 3.17. The maximum Gasteiger partial charge on any atom is 0.248 e. The quantitative estimate of drug-likeness (QED) is 0.803. The van der Waals surface area contributed by atoms with E-state index in [9.17, 15) is 9.18 Å². The number of amides is 1. The van der Waals surface area contributed by atoms with E-state index < -0.39 is 5.54 Å². The molecule has 2 heterocycles. The van der Waals surface area contributed by atoms with Gasteiger partial charge in [-0.2, -0.15) is 5.10 Å². The topological polar surface area (TPSA) is 68.2 Å². The Hall–Kier alpha value is -2.12. The number of nitrogens with zero attached hydrogens (tertiary/aromatic N) is 2. The molecule has 3 rings (SSSR count). The molecule has 1 aliphatic rings. The number of halogens is 2. The van der Waals surface area contributed by atoms with Crippen LogP contribution >= 0.6 is 12.4 Å². The fourth-order valence-corrected chi connectivity index (χ4v) is 3.11. The molecule has 26 heavy (non-hydrogen) atoms. The third kappa shape index (κ3) is 4.53. The standard InChI is InChI=1S/C18H23FN4O2.ClH/c1-14(25-16-5-3-15(19)4-6-16)13-21-17(24)18(7-10-20-11-8-18)23-12-2-9-22-23;/h2-6,9,12,14,20H,7-8,10-11,13H2,1H3,(H,21,24);1H. The second-order valence-electron chi connectivity index (χ2n) is 6.32. The number of carbonyl (C=O) groups excluding carboxylic acids is 1. The summed E-state index contributed by atoms with van der Waals surface area (Å²) in [4.78, 5) is 12.9. The van der Waals surface area contributed by atoms with Gasteiger partial charge in [-0.3, -0.25) is 9.48 Å². The van der Waals surface area contributed by atoms with Gasteiger partial charge in [0.15, 0.2) is 0 Å². The van der Waals surface area contributed by atoms with Gasteiger partial charge in [-0.1, -0.05) is 0 Å². The van der Waals surface area contributed by atoms with Crippen molar-refractivity contribution >= 4 is 18.3 Å². The van der Waals surface area contributed by atoms with Crippen LogP contribution in [-0.2, 0) is 10.3 Å². The third-order valence-corrected chi connectivity index (χ3v) is 4.50. The van der Waals surface area contributed by atoms with Gasteiger partial charge in [0, 0.05) is 12.4 Å². The Kier molecular flexibility index (Phi) is 6.99. The number of aromatic nitrogens is 2. The molecule has 1 amide bonds. The molecule has 1 saturated heterocycles. The van der Waals surface area contributed by atoms with E-state index in [0.717, 1.165) is 13.1 Å². The summed E-state index contributed by atoms with van der Waals surface area (Å²) >= 11 is 0.